The summed E-state index contributed by atoms with van der Waals surface area (Å²) in [6.07, 6.45) is 1.43. The molecule has 9 heteroatoms. The van der Waals surface area contributed by atoms with E-state index in [-0.39, 0.29) is 4.90 Å². The summed E-state index contributed by atoms with van der Waals surface area (Å²) in [4.78, 5) is 12.8. The molecule has 3 rings (SSSR count). The number of amides is 1. The second-order valence-electron chi connectivity index (χ2n) is 7.29. The van der Waals surface area contributed by atoms with Crippen LogP contribution in [0.3, 0.4) is 0 Å². The SMILES string of the molecule is COc1ccccc1/C=N\NC(=O)CN(c1cc(Cl)ccc1C)S(=O)(=O)c1ccc(C)cc1. The van der Waals surface area contributed by atoms with Crippen LogP contribution in [0.2, 0.25) is 5.02 Å². The quantitative estimate of drug-likeness (QED) is 0.380. The molecule has 0 saturated carbocycles. The van der Waals surface area contributed by atoms with E-state index < -0.39 is 22.5 Å². The Balaban J connectivity index is 1.90. The number of halogens is 1. The number of nitrogens with zero attached hydrogens (tertiary/aromatic N) is 2. The van der Waals surface area contributed by atoms with E-state index in [9.17, 15) is 13.2 Å². The molecule has 1 amide bonds. The van der Waals surface area contributed by atoms with Gasteiger partial charge in [-0.1, -0.05) is 47.5 Å². The molecule has 3 aromatic carbocycles. The van der Waals surface area contributed by atoms with E-state index in [1.165, 1.54) is 31.5 Å². The number of methoxy groups -OCH3 is 1. The number of hydrogen-bond acceptors (Lipinski definition) is 5. The van der Waals surface area contributed by atoms with Crippen molar-refractivity contribution in [2.45, 2.75) is 18.7 Å². The minimum Gasteiger partial charge on any atom is -0.496 e. The second-order valence-corrected chi connectivity index (χ2v) is 9.59. The molecule has 0 aliphatic rings. The first-order valence-electron chi connectivity index (χ1n) is 10.0. The number of nitrogens with one attached hydrogen (secondary N) is 1. The number of hydrogen-bond donors (Lipinski definition) is 1. The Hall–Kier alpha value is -3.36. The van der Waals surface area contributed by atoms with E-state index in [1.54, 1.807) is 43.3 Å². The lowest BCUT2D eigenvalue weighted by molar-refractivity contribution is -0.119. The average molecular weight is 486 g/mol. The van der Waals surface area contributed by atoms with Gasteiger partial charge in [-0.25, -0.2) is 13.8 Å². The smallest absolute Gasteiger partial charge is 0.264 e. The Morgan fingerprint density at radius 3 is 2.48 bits per heavy atom. The number of sulfonamides is 1. The largest absolute Gasteiger partial charge is 0.496 e. The molecule has 0 aromatic heterocycles. The Kier molecular flexibility index (Phi) is 7.73. The number of aryl methyl sites for hydroxylation is 2. The zero-order valence-electron chi connectivity index (χ0n) is 18.4. The van der Waals surface area contributed by atoms with Gasteiger partial charge in [0.25, 0.3) is 15.9 Å². The molecule has 7 nitrogen and oxygen atoms in total. The third-order valence-corrected chi connectivity index (χ3v) is 6.88. The number of benzene rings is 3. The van der Waals surface area contributed by atoms with Crippen molar-refractivity contribution in [3.05, 3.63) is 88.4 Å². The highest BCUT2D eigenvalue weighted by molar-refractivity contribution is 7.92. The standard InChI is InChI=1S/C24H24ClN3O4S/c1-17-8-12-21(13-9-17)33(30,31)28(22-14-20(25)11-10-18(22)2)16-24(29)27-26-15-19-6-4-5-7-23(19)32-3/h4-15H,16H2,1-3H3,(H,27,29)/b26-15-. The summed E-state index contributed by atoms with van der Waals surface area (Å²) in [6, 6.07) is 18.5. The van der Waals surface area contributed by atoms with Crippen molar-refractivity contribution >= 4 is 39.4 Å². The Labute approximate surface area is 198 Å². The van der Waals surface area contributed by atoms with Crippen molar-refractivity contribution in [3.8, 4) is 5.75 Å². The van der Waals surface area contributed by atoms with Crippen LogP contribution in [-0.4, -0.2) is 34.2 Å². The van der Waals surface area contributed by atoms with E-state index >= 15 is 0 Å². The molecule has 0 radical (unpaired) electrons. The zero-order valence-corrected chi connectivity index (χ0v) is 20.0. The summed E-state index contributed by atoms with van der Waals surface area (Å²) < 4.78 is 33.2. The fourth-order valence-electron chi connectivity index (χ4n) is 3.10. The maximum absolute atomic E-state index is 13.5. The Morgan fingerprint density at radius 1 is 1.09 bits per heavy atom. The summed E-state index contributed by atoms with van der Waals surface area (Å²) in [5.41, 5.74) is 4.93. The zero-order chi connectivity index (χ0) is 24.0. The molecule has 0 bridgehead atoms. The van der Waals surface area contributed by atoms with Gasteiger partial charge < -0.3 is 4.74 Å². The molecule has 1 N–H and O–H groups in total. The van der Waals surface area contributed by atoms with E-state index in [0.29, 0.717) is 27.6 Å². The van der Waals surface area contributed by atoms with Gasteiger partial charge in [0.05, 0.1) is 23.9 Å². The summed E-state index contributed by atoms with van der Waals surface area (Å²) in [5, 5.41) is 4.31. The van der Waals surface area contributed by atoms with Crippen molar-refractivity contribution in [2.24, 2.45) is 5.10 Å². The van der Waals surface area contributed by atoms with Crippen LogP contribution < -0.4 is 14.5 Å². The van der Waals surface area contributed by atoms with Gasteiger partial charge in [0, 0.05) is 10.6 Å². The molecule has 0 fully saturated rings. The molecule has 172 valence electrons. The van der Waals surface area contributed by atoms with Gasteiger partial charge in [-0.3, -0.25) is 9.10 Å². The molecule has 33 heavy (non-hydrogen) atoms. The fourth-order valence-corrected chi connectivity index (χ4v) is 4.74. The first-order valence-corrected chi connectivity index (χ1v) is 11.8. The monoisotopic (exact) mass is 485 g/mol. The van der Waals surface area contributed by atoms with E-state index in [2.05, 4.69) is 10.5 Å². The number of ether oxygens (including phenoxy) is 1. The van der Waals surface area contributed by atoms with Crippen LogP contribution in [0.15, 0.2) is 76.7 Å². The lowest BCUT2D eigenvalue weighted by Gasteiger charge is -2.25. The number of hydrazone groups is 1. The highest BCUT2D eigenvalue weighted by Crippen LogP contribution is 2.29. The molecule has 0 aliphatic carbocycles. The number of rotatable bonds is 8. The van der Waals surface area contributed by atoms with Crippen LogP contribution in [0.4, 0.5) is 5.69 Å². The number of carbonyl (C=O) groups is 1. The van der Waals surface area contributed by atoms with Crippen molar-refractivity contribution in [2.75, 3.05) is 18.0 Å². The molecule has 0 saturated heterocycles. The van der Waals surface area contributed by atoms with Crippen molar-refractivity contribution in [1.82, 2.24) is 5.43 Å². The van der Waals surface area contributed by atoms with Crippen LogP contribution in [-0.2, 0) is 14.8 Å². The third-order valence-electron chi connectivity index (χ3n) is 4.87. The van der Waals surface area contributed by atoms with Crippen molar-refractivity contribution in [3.63, 3.8) is 0 Å². The van der Waals surface area contributed by atoms with Crippen molar-refractivity contribution in [1.29, 1.82) is 0 Å². The van der Waals surface area contributed by atoms with Crippen LogP contribution in [0.25, 0.3) is 0 Å². The molecule has 0 atom stereocenters. The second kappa shape index (κ2) is 10.5. The minimum atomic E-state index is -4.05. The highest BCUT2D eigenvalue weighted by Gasteiger charge is 2.28. The van der Waals surface area contributed by atoms with E-state index in [4.69, 9.17) is 16.3 Å². The molecular formula is C24H24ClN3O4S. The number of para-hydroxylation sites is 1. The first kappa shape index (κ1) is 24.3. The van der Waals surface area contributed by atoms with Crippen LogP contribution in [0.1, 0.15) is 16.7 Å². The number of carbonyl (C=O) groups excluding carboxylic acids is 1. The molecule has 0 unspecified atom stereocenters. The fraction of sp³-hybridized carbons (Fsp3) is 0.167. The average Bonchev–Trinajstić information content (AvgIpc) is 2.79. The summed E-state index contributed by atoms with van der Waals surface area (Å²) in [5.74, 6) is -0.0233. The van der Waals surface area contributed by atoms with Gasteiger partial charge in [0.15, 0.2) is 0 Å². The van der Waals surface area contributed by atoms with Crippen LogP contribution >= 0.6 is 11.6 Å². The van der Waals surface area contributed by atoms with Crippen LogP contribution in [0, 0.1) is 13.8 Å². The maximum Gasteiger partial charge on any atom is 0.264 e. The van der Waals surface area contributed by atoms with Gasteiger partial charge in [-0.05, 0) is 55.8 Å². The lowest BCUT2D eigenvalue weighted by Crippen LogP contribution is -2.40. The maximum atomic E-state index is 13.5. The molecule has 3 aromatic rings. The van der Waals surface area contributed by atoms with E-state index in [0.717, 1.165) is 9.87 Å². The predicted molar refractivity (Wildman–Crippen MR) is 131 cm³/mol. The molecule has 0 spiro atoms. The summed E-state index contributed by atoms with van der Waals surface area (Å²) in [6.45, 7) is 3.13. The topological polar surface area (TPSA) is 88.1 Å². The van der Waals surface area contributed by atoms with Gasteiger partial charge in [0.1, 0.15) is 12.3 Å². The minimum absolute atomic E-state index is 0.0674. The predicted octanol–water partition coefficient (Wildman–Crippen LogP) is 4.31. The highest BCUT2D eigenvalue weighted by atomic mass is 35.5. The normalized spacial score (nSPS) is 11.4. The van der Waals surface area contributed by atoms with Gasteiger partial charge in [-0.15, -0.1) is 0 Å². The van der Waals surface area contributed by atoms with Gasteiger partial charge in [0.2, 0.25) is 0 Å². The summed E-state index contributed by atoms with van der Waals surface area (Å²) in [7, 11) is -2.52. The summed E-state index contributed by atoms with van der Waals surface area (Å²) >= 11 is 6.14. The van der Waals surface area contributed by atoms with E-state index in [1.807, 2.05) is 19.1 Å². The molecule has 0 heterocycles. The Bertz CT molecular complexity index is 1280. The molecule has 0 aliphatic heterocycles. The van der Waals surface area contributed by atoms with Gasteiger partial charge >= 0.3 is 0 Å². The third kappa shape index (κ3) is 5.91. The van der Waals surface area contributed by atoms with Crippen molar-refractivity contribution < 1.29 is 17.9 Å². The lowest BCUT2D eigenvalue weighted by atomic mass is 10.2. The number of anilines is 1. The molecular weight excluding hydrogens is 462 g/mol. The Morgan fingerprint density at radius 2 is 1.79 bits per heavy atom. The first-order chi connectivity index (χ1) is 15.7. The van der Waals surface area contributed by atoms with Crippen LogP contribution in [0.5, 0.6) is 5.75 Å². The van der Waals surface area contributed by atoms with Gasteiger partial charge in [-0.2, -0.15) is 5.10 Å².